The molecule has 2 N–H and O–H groups in total. The average molecular weight is 351 g/mol. The summed E-state index contributed by atoms with van der Waals surface area (Å²) in [6, 6.07) is 7.22. The third-order valence-electron chi connectivity index (χ3n) is 4.14. The fourth-order valence-corrected chi connectivity index (χ4v) is 2.58. The highest BCUT2D eigenvalue weighted by molar-refractivity contribution is 5.85. The van der Waals surface area contributed by atoms with Crippen LogP contribution in [0.5, 0.6) is 0 Å². The van der Waals surface area contributed by atoms with Gasteiger partial charge in [-0.2, -0.15) is 0 Å². The first-order chi connectivity index (χ1) is 11.2. The molecule has 0 aliphatic heterocycles. The van der Waals surface area contributed by atoms with Crippen LogP contribution in [0.1, 0.15) is 25.6 Å². The smallest absolute Gasteiger partial charge is 0.258 e. The zero-order chi connectivity index (χ0) is 16.2. The molecule has 1 amide bonds. The molecule has 1 aromatic carbocycles. The van der Waals surface area contributed by atoms with E-state index in [9.17, 15) is 9.59 Å². The monoisotopic (exact) mass is 350 g/mol. The molecule has 1 aliphatic rings. The normalized spacial score (nSPS) is 13.5. The van der Waals surface area contributed by atoms with E-state index < -0.39 is 0 Å². The van der Waals surface area contributed by atoms with Crippen LogP contribution in [0.2, 0.25) is 0 Å². The quantitative estimate of drug-likeness (QED) is 0.796. The highest BCUT2D eigenvalue weighted by Gasteiger charge is 2.21. The van der Waals surface area contributed by atoms with Crippen LogP contribution in [0.15, 0.2) is 29.1 Å². The van der Waals surface area contributed by atoms with E-state index in [0.29, 0.717) is 36.4 Å². The van der Waals surface area contributed by atoms with Crippen LogP contribution in [-0.2, 0) is 11.3 Å². The summed E-state index contributed by atoms with van der Waals surface area (Å²) in [6.45, 7) is 4.08. The molecule has 0 atom stereocenters. The van der Waals surface area contributed by atoms with Gasteiger partial charge in [0.25, 0.3) is 5.56 Å². The minimum Gasteiger partial charge on any atom is -0.334 e. The fourth-order valence-electron chi connectivity index (χ4n) is 2.58. The number of likely N-dealkylation sites (N-methyl/N-ethyl adjacent to an activating group) is 1. The summed E-state index contributed by atoms with van der Waals surface area (Å²) in [4.78, 5) is 33.3. The standard InChI is InChI=1S/C17H22N4O2.ClH/c1-2-21(16(22)10-18-9-12-7-8-12)11-15-19-14-6-4-3-5-13(14)17(23)20-15;/h3-6,12,18H,2,7-11H2,1H3,(H,19,20,23);1H. The number of hydrogen-bond donors (Lipinski definition) is 2. The van der Waals surface area contributed by atoms with Crippen LogP contribution in [-0.4, -0.2) is 40.4 Å². The van der Waals surface area contributed by atoms with E-state index in [0.717, 1.165) is 12.5 Å². The Labute approximate surface area is 147 Å². The largest absolute Gasteiger partial charge is 0.334 e. The lowest BCUT2D eigenvalue weighted by atomic mass is 10.2. The molecule has 6 nitrogen and oxygen atoms in total. The molecule has 1 aromatic heterocycles. The lowest BCUT2D eigenvalue weighted by Crippen LogP contribution is -2.39. The number of fused-ring (bicyclic) bond motifs is 1. The number of halogens is 1. The van der Waals surface area contributed by atoms with Crippen molar-refractivity contribution in [3.05, 3.63) is 40.4 Å². The molecule has 1 heterocycles. The zero-order valence-corrected chi connectivity index (χ0v) is 14.6. The number of carbonyl (C=O) groups excluding carboxylic acids is 1. The predicted molar refractivity (Wildman–Crippen MR) is 96.3 cm³/mol. The summed E-state index contributed by atoms with van der Waals surface area (Å²) in [6.07, 6.45) is 2.53. The summed E-state index contributed by atoms with van der Waals surface area (Å²) >= 11 is 0. The van der Waals surface area contributed by atoms with Crippen LogP contribution in [0.25, 0.3) is 10.9 Å². The van der Waals surface area contributed by atoms with Crippen molar-refractivity contribution in [3.8, 4) is 0 Å². The van der Waals surface area contributed by atoms with Crippen molar-refractivity contribution in [1.29, 1.82) is 0 Å². The maximum absolute atomic E-state index is 12.3. The second-order valence-electron chi connectivity index (χ2n) is 6.01. The minimum absolute atomic E-state index is 0. The van der Waals surface area contributed by atoms with Gasteiger partial charge >= 0.3 is 0 Å². The number of aromatic nitrogens is 2. The first-order valence-corrected chi connectivity index (χ1v) is 8.13. The number of benzene rings is 1. The minimum atomic E-state index is -0.166. The van der Waals surface area contributed by atoms with E-state index in [1.807, 2.05) is 25.1 Å². The van der Waals surface area contributed by atoms with Crippen LogP contribution in [0.4, 0.5) is 0 Å². The predicted octanol–water partition coefficient (Wildman–Crippen LogP) is 1.69. The number of nitrogens with zero attached hydrogens (tertiary/aromatic N) is 2. The van der Waals surface area contributed by atoms with E-state index in [-0.39, 0.29) is 23.9 Å². The Morgan fingerprint density at radius 3 is 2.83 bits per heavy atom. The maximum atomic E-state index is 12.3. The van der Waals surface area contributed by atoms with Crippen LogP contribution in [0.3, 0.4) is 0 Å². The average Bonchev–Trinajstić information content (AvgIpc) is 3.37. The number of rotatable bonds is 7. The van der Waals surface area contributed by atoms with E-state index in [1.165, 1.54) is 12.8 Å². The second-order valence-corrected chi connectivity index (χ2v) is 6.01. The molecule has 1 aliphatic carbocycles. The molecule has 2 aromatic rings. The molecule has 0 spiro atoms. The molecule has 0 bridgehead atoms. The summed E-state index contributed by atoms with van der Waals surface area (Å²) in [7, 11) is 0. The Bertz CT molecular complexity index is 758. The zero-order valence-electron chi connectivity index (χ0n) is 13.7. The first-order valence-electron chi connectivity index (χ1n) is 8.13. The summed E-state index contributed by atoms with van der Waals surface area (Å²) in [5.74, 6) is 1.30. The van der Waals surface area contributed by atoms with Crippen molar-refractivity contribution in [2.45, 2.75) is 26.3 Å². The summed E-state index contributed by atoms with van der Waals surface area (Å²) in [5.41, 5.74) is 0.488. The third kappa shape index (κ3) is 4.55. The number of hydrogen-bond acceptors (Lipinski definition) is 4. The van der Waals surface area contributed by atoms with Gasteiger partial charge in [0.15, 0.2) is 0 Å². The van der Waals surface area contributed by atoms with Crippen LogP contribution >= 0.6 is 12.4 Å². The Kier molecular flexibility index (Phi) is 6.34. The SMILES string of the molecule is CCN(Cc1nc2ccccc2c(=O)[nH]1)C(=O)CNCC1CC1.Cl. The van der Waals surface area contributed by atoms with Gasteiger partial charge in [-0.3, -0.25) is 9.59 Å². The maximum Gasteiger partial charge on any atom is 0.258 e. The fraction of sp³-hybridized carbons (Fsp3) is 0.471. The Balaban J connectivity index is 0.00000208. The molecule has 24 heavy (non-hydrogen) atoms. The Hall–Kier alpha value is -1.92. The van der Waals surface area contributed by atoms with Gasteiger partial charge in [0.2, 0.25) is 5.91 Å². The van der Waals surface area contributed by atoms with Gasteiger partial charge < -0.3 is 15.2 Å². The molecular formula is C17H23ClN4O2. The van der Waals surface area contributed by atoms with E-state index in [4.69, 9.17) is 0 Å². The van der Waals surface area contributed by atoms with Gasteiger partial charge in [-0.05, 0) is 44.4 Å². The topological polar surface area (TPSA) is 78.1 Å². The molecular weight excluding hydrogens is 328 g/mol. The third-order valence-corrected chi connectivity index (χ3v) is 4.14. The van der Waals surface area contributed by atoms with E-state index in [1.54, 1.807) is 11.0 Å². The van der Waals surface area contributed by atoms with Crippen LogP contribution < -0.4 is 10.9 Å². The molecule has 1 fully saturated rings. The van der Waals surface area contributed by atoms with Gasteiger partial charge in [-0.25, -0.2) is 4.98 Å². The number of H-pyrrole nitrogens is 1. The van der Waals surface area contributed by atoms with E-state index in [2.05, 4.69) is 15.3 Å². The van der Waals surface area contributed by atoms with Crippen molar-refractivity contribution in [1.82, 2.24) is 20.2 Å². The molecule has 0 radical (unpaired) electrons. The number of para-hydroxylation sites is 1. The van der Waals surface area contributed by atoms with Gasteiger partial charge in [0.1, 0.15) is 5.82 Å². The highest BCUT2D eigenvalue weighted by Crippen LogP contribution is 2.27. The van der Waals surface area contributed by atoms with Gasteiger partial charge in [-0.15, -0.1) is 12.4 Å². The van der Waals surface area contributed by atoms with Gasteiger partial charge in [-0.1, -0.05) is 12.1 Å². The highest BCUT2D eigenvalue weighted by atomic mass is 35.5. The Morgan fingerprint density at radius 1 is 1.38 bits per heavy atom. The molecule has 130 valence electrons. The molecule has 0 saturated heterocycles. The van der Waals surface area contributed by atoms with Crippen molar-refractivity contribution >= 4 is 29.2 Å². The summed E-state index contributed by atoms with van der Waals surface area (Å²) in [5, 5.41) is 3.77. The number of amides is 1. The molecule has 7 heteroatoms. The van der Waals surface area contributed by atoms with E-state index >= 15 is 0 Å². The molecule has 1 saturated carbocycles. The van der Waals surface area contributed by atoms with Crippen molar-refractivity contribution in [2.75, 3.05) is 19.6 Å². The number of aromatic amines is 1. The molecule has 3 rings (SSSR count). The second kappa shape index (κ2) is 8.26. The van der Waals surface area contributed by atoms with Crippen molar-refractivity contribution < 1.29 is 4.79 Å². The van der Waals surface area contributed by atoms with Gasteiger partial charge in [0, 0.05) is 6.54 Å². The number of carbonyl (C=O) groups is 1. The lowest BCUT2D eigenvalue weighted by Gasteiger charge is -2.20. The van der Waals surface area contributed by atoms with Crippen molar-refractivity contribution in [2.24, 2.45) is 5.92 Å². The van der Waals surface area contributed by atoms with Crippen LogP contribution in [0, 0.1) is 5.92 Å². The van der Waals surface area contributed by atoms with Crippen molar-refractivity contribution in [3.63, 3.8) is 0 Å². The lowest BCUT2D eigenvalue weighted by molar-refractivity contribution is -0.130. The molecule has 0 unspecified atom stereocenters. The Morgan fingerprint density at radius 2 is 2.12 bits per heavy atom. The van der Waals surface area contributed by atoms with Gasteiger partial charge in [0.05, 0.1) is 24.0 Å². The summed E-state index contributed by atoms with van der Waals surface area (Å²) < 4.78 is 0. The number of nitrogens with one attached hydrogen (secondary N) is 2. The first kappa shape index (κ1) is 18.4.